The van der Waals surface area contributed by atoms with Crippen LogP contribution in [0.15, 0.2) is 47.1 Å². The van der Waals surface area contributed by atoms with Crippen LogP contribution in [-0.4, -0.2) is 17.0 Å². The maximum atomic E-state index is 11.9. The van der Waals surface area contributed by atoms with Gasteiger partial charge >= 0.3 is 5.97 Å². The minimum atomic E-state index is -1.11. The van der Waals surface area contributed by atoms with Crippen molar-refractivity contribution in [1.29, 1.82) is 0 Å². The maximum Gasteiger partial charge on any atom is 0.330 e. The highest BCUT2D eigenvalue weighted by Gasteiger charge is 2.22. The topological polar surface area (TPSA) is 79.5 Å². The van der Waals surface area contributed by atoms with E-state index in [0.29, 0.717) is 16.9 Å². The van der Waals surface area contributed by atoms with E-state index in [4.69, 9.17) is 4.42 Å². The maximum absolute atomic E-state index is 11.9. The lowest BCUT2D eigenvalue weighted by Crippen LogP contribution is -2.33. The van der Waals surface area contributed by atoms with Gasteiger partial charge in [-0.05, 0) is 18.6 Å². The predicted octanol–water partition coefficient (Wildman–Crippen LogP) is 2.14. The van der Waals surface area contributed by atoms with Gasteiger partial charge in [0.25, 0.3) is 5.91 Å². The van der Waals surface area contributed by atoms with Crippen molar-refractivity contribution >= 4 is 11.9 Å². The van der Waals surface area contributed by atoms with Crippen molar-refractivity contribution in [2.45, 2.75) is 13.0 Å². The van der Waals surface area contributed by atoms with Crippen molar-refractivity contribution in [1.82, 2.24) is 5.32 Å². The third-order valence-corrected chi connectivity index (χ3v) is 2.65. The van der Waals surface area contributed by atoms with Gasteiger partial charge in [-0.25, -0.2) is 4.79 Å². The van der Waals surface area contributed by atoms with Crippen molar-refractivity contribution in [2.75, 3.05) is 0 Å². The van der Waals surface area contributed by atoms with Crippen LogP contribution in [0.3, 0.4) is 0 Å². The number of benzene rings is 1. The molecule has 98 valence electrons. The fraction of sp³-hybridized carbons (Fsp3) is 0.143. The Bertz CT molecular complexity index is 589. The largest absolute Gasteiger partial charge is 0.479 e. The molecule has 1 aromatic carbocycles. The summed E-state index contributed by atoms with van der Waals surface area (Å²) < 4.78 is 5.03. The van der Waals surface area contributed by atoms with Crippen molar-refractivity contribution in [3.05, 3.63) is 59.5 Å². The fourth-order valence-electron chi connectivity index (χ4n) is 1.71. The number of amides is 1. The smallest absolute Gasteiger partial charge is 0.330 e. The van der Waals surface area contributed by atoms with Crippen LogP contribution < -0.4 is 5.32 Å². The molecule has 0 aliphatic carbocycles. The first-order valence-corrected chi connectivity index (χ1v) is 5.71. The summed E-state index contributed by atoms with van der Waals surface area (Å²) in [6.45, 7) is 1.71. The molecule has 0 unspecified atom stereocenters. The molecule has 5 heteroatoms. The molecule has 2 aromatic rings. The number of furan rings is 1. The Balaban J connectivity index is 2.18. The summed E-state index contributed by atoms with van der Waals surface area (Å²) in [5.41, 5.74) is 0.822. The average Bonchev–Trinajstić information content (AvgIpc) is 2.83. The number of carboxylic acid groups (broad SMARTS) is 1. The molecule has 1 heterocycles. The number of carboxylic acids is 1. The summed E-state index contributed by atoms with van der Waals surface area (Å²) in [6.07, 6.45) is 1.30. The van der Waals surface area contributed by atoms with E-state index in [-0.39, 0.29) is 0 Å². The van der Waals surface area contributed by atoms with Crippen LogP contribution in [0.1, 0.15) is 27.7 Å². The summed E-state index contributed by atoms with van der Waals surface area (Å²) in [5, 5.41) is 11.7. The van der Waals surface area contributed by atoms with Crippen molar-refractivity contribution in [2.24, 2.45) is 0 Å². The van der Waals surface area contributed by atoms with E-state index >= 15 is 0 Å². The van der Waals surface area contributed by atoms with Gasteiger partial charge in [0.05, 0.1) is 5.56 Å². The summed E-state index contributed by atoms with van der Waals surface area (Å²) in [4.78, 5) is 23.1. The first-order chi connectivity index (χ1) is 9.08. The number of carbonyl (C=O) groups is 2. The number of carbonyl (C=O) groups excluding carboxylic acids is 1. The molecule has 0 radical (unpaired) electrons. The predicted molar refractivity (Wildman–Crippen MR) is 67.7 cm³/mol. The Hall–Kier alpha value is -2.56. The highest BCUT2D eigenvalue weighted by atomic mass is 16.4. The standard InChI is InChI=1S/C14H13NO4/c1-9-7-11(8-19-9)13(16)15-12(14(17)18)10-5-3-2-4-6-10/h2-8,12H,1H3,(H,15,16)(H,17,18)/t12-/m1/s1. The lowest BCUT2D eigenvalue weighted by atomic mass is 10.1. The molecule has 0 saturated heterocycles. The Morgan fingerprint density at radius 2 is 1.95 bits per heavy atom. The van der Waals surface area contributed by atoms with Crippen molar-refractivity contribution in [3.8, 4) is 0 Å². The van der Waals surface area contributed by atoms with Crippen LogP contribution in [0.2, 0.25) is 0 Å². The quantitative estimate of drug-likeness (QED) is 0.881. The zero-order valence-corrected chi connectivity index (χ0v) is 10.3. The molecule has 5 nitrogen and oxygen atoms in total. The van der Waals surface area contributed by atoms with Gasteiger partial charge in [0.1, 0.15) is 12.0 Å². The molecule has 1 aromatic heterocycles. The minimum Gasteiger partial charge on any atom is -0.479 e. The van der Waals surface area contributed by atoms with Gasteiger partial charge in [-0.15, -0.1) is 0 Å². The number of nitrogens with one attached hydrogen (secondary N) is 1. The molecule has 2 rings (SSSR count). The minimum absolute atomic E-state index is 0.305. The van der Waals surface area contributed by atoms with Gasteiger partial charge in [-0.2, -0.15) is 0 Å². The van der Waals surface area contributed by atoms with Gasteiger partial charge in [-0.3, -0.25) is 4.79 Å². The van der Waals surface area contributed by atoms with Crippen LogP contribution in [0.5, 0.6) is 0 Å². The van der Waals surface area contributed by atoms with Gasteiger partial charge in [-0.1, -0.05) is 30.3 Å². The Kier molecular flexibility index (Phi) is 3.66. The van der Waals surface area contributed by atoms with E-state index in [2.05, 4.69) is 5.32 Å². The Labute approximate surface area is 109 Å². The van der Waals surface area contributed by atoms with Gasteiger partial charge in [0.2, 0.25) is 0 Å². The van der Waals surface area contributed by atoms with E-state index in [1.807, 2.05) is 0 Å². The second-order valence-corrected chi connectivity index (χ2v) is 4.10. The molecule has 1 atom stereocenters. The van der Waals surface area contributed by atoms with E-state index in [1.54, 1.807) is 43.3 Å². The zero-order valence-electron chi connectivity index (χ0n) is 10.3. The fourth-order valence-corrected chi connectivity index (χ4v) is 1.71. The number of aryl methyl sites for hydroxylation is 1. The molecule has 1 amide bonds. The lowest BCUT2D eigenvalue weighted by Gasteiger charge is -2.14. The first-order valence-electron chi connectivity index (χ1n) is 5.71. The van der Waals surface area contributed by atoms with E-state index in [9.17, 15) is 14.7 Å². The molecular weight excluding hydrogens is 246 g/mol. The van der Waals surface area contributed by atoms with Crippen LogP contribution in [0, 0.1) is 6.92 Å². The second kappa shape index (κ2) is 5.39. The number of rotatable bonds is 4. The normalized spacial score (nSPS) is 11.8. The lowest BCUT2D eigenvalue weighted by molar-refractivity contribution is -0.139. The summed E-state index contributed by atoms with van der Waals surface area (Å²) in [5.74, 6) is -0.996. The third-order valence-electron chi connectivity index (χ3n) is 2.65. The molecule has 0 bridgehead atoms. The van der Waals surface area contributed by atoms with E-state index in [0.717, 1.165) is 0 Å². The number of aliphatic carboxylic acids is 1. The van der Waals surface area contributed by atoms with Crippen LogP contribution in [-0.2, 0) is 4.79 Å². The average molecular weight is 259 g/mol. The van der Waals surface area contributed by atoms with Gasteiger partial charge in [0, 0.05) is 0 Å². The third kappa shape index (κ3) is 3.01. The first kappa shape index (κ1) is 12.9. The Morgan fingerprint density at radius 1 is 1.26 bits per heavy atom. The molecular formula is C14H13NO4. The number of hydrogen-bond acceptors (Lipinski definition) is 3. The second-order valence-electron chi connectivity index (χ2n) is 4.10. The zero-order chi connectivity index (χ0) is 13.8. The Morgan fingerprint density at radius 3 is 2.47 bits per heavy atom. The molecule has 0 aliphatic heterocycles. The molecule has 0 spiro atoms. The van der Waals surface area contributed by atoms with Crippen LogP contribution in [0.4, 0.5) is 0 Å². The summed E-state index contributed by atoms with van der Waals surface area (Å²) in [6, 6.07) is 9.00. The highest BCUT2D eigenvalue weighted by Crippen LogP contribution is 2.14. The van der Waals surface area contributed by atoms with Gasteiger partial charge in [0.15, 0.2) is 6.04 Å². The monoisotopic (exact) mass is 259 g/mol. The van der Waals surface area contributed by atoms with E-state index < -0.39 is 17.9 Å². The molecule has 0 aliphatic rings. The molecule has 19 heavy (non-hydrogen) atoms. The SMILES string of the molecule is Cc1cc(C(=O)N[C@@H](C(=O)O)c2ccccc2)co1. The van der Waals surface area contributed by atoms with Crippen LogP contribution >= 0.6 is 0 Å². The highest BCUT2D eigenvalue weighted by molar-refractivity contribution is 5.96. The van der Waals surface area contributed by atoms with Crippen molar-refractivity contribution in [3.63, 3.8) is 0 Å². The van der Waals surface area contributed by atoms with Crippen LogP contribution in [0.25, 0.3) is 0 Å². The summed E-state index contributed by atoms with van der Waals surface area (Å²) >= 11 is 0. The van der Waals surface area contributed by atoms with Crippen molar-refractivity contribution < 1.29 is 19.1 Å². The molecule has 0 saturated carbocycles. The molecule has 2 N–H and O–H groups in total. The van der Waals surface area contributed by atoms with E-state index in [1.165, 1.54) is 6.26 Å². The molecule has 0 fully saturated rings. The summed E-state index contributed by atoms with van der Waals surface area (Å²) in [7, 11) is 0. The van der Waals surface area contributed by atoms with Gasteiger partial charge < -0.3 is 14.8 Å². The number of hydrogen-bond donors (Lipinski definition) is 2.